The zero-order chi connectivity index (χ0) is 19.6. The summed E-state index contributed by atoms with van der Waals surface area (Å²) in [5.74, 6) is 0.548. The number of unbranched alkanes of at least 4 members (excludes halogenated alkanes) is 2. The Balaban J connectivity index is 1.70. The van der Waals surface area contributed by atoms with Gasteiger partial charge >= 0.3 is 0 Å². The largest absolute Gasteiger partial charge is 0.289 e. The molecule has 0 spiro atoms. The van der Waals surface area contributed by atoms with Gasteiger partial charge < -0.3 is 0 Å². The van der Waals surface area contributed by atoms with Crippen molar-refractivity contribution in [3.63, 3.8) is 0 Å². The number of amides is 1. The van der Waals surface area contributed by atoms with E-state index in [-0.39, 0.29) is 5.91 Å². The Labute approximate surface area is 169 Å². The van der Waals surface area contributed by atoms with E-state index in [0.717, 1.165) is 52.7 Å². The van der Waals surface area contributed by atoms with Crippen LogP contribution in [0.2, 0.25) is 0 Å². The Morgan fingerprint density at radius 1 is 0.857 bits per heavy atom. The first-order valence-corrected chi connectivity index (χ1v) is 10.3. The summed E-state index contributed by atoms with van der Waals surface area (Å²) in [4.78, 5) is 20.5. The lowest BCUT2D eigenvalue weighted by Crippen LogP contribution is -2.17. The van der Waals surface area contributed by atoms with Crippen LogP contribution in [0.3, 0.4) is 0 Å². The van der Waals surface area contributed by atoms with Gasteiger partial charge in [-0.05, 0) is 18.9 Å². The second kappa shape index (κ2) is 10.6. The van der Waals surface area contributed by atoms with Gasteiger partial charge in [-0.2, -0.15) is 0 Å². The lowest BCUT2D eigenvalue weighted by Gasteiger charge is -2.08. The van der Waals surface area contributed by atoms with Gasteiger partial charge in [0, 0.05) is 23.3 Å². The first-order valence-electron chi connectivity index (χ1n) is 9.32. The van der Waals surface area contributed by atoms with Gasteiger partial charge in [-0.15, -0.1) is 0 Å². The fourth-order valence-electron chi connectivity index (χ4n) is 2.79. The third-order valence-electron chi connectivity index (χ3n) is 4.25. The highest BCUT2D eigenvalue weighted by Gasteiger charge is 2.09. The van der Waals surface area contributed by atoms with E-state index in [2.05, 4.69) is 24.3 Å². The SMILES string of the molecule is O=C(CCCCCSc1nc(-c2ccccc2)cc(-c2ccccc2)n1)NO. The molecule has 1 heterocycles. The zero-order valence-electron chi connectivity index (χ0n) is 15.5. The van der Waals surface area contributed by atoms with Crippen molar-refractivity contribution in [2.75, 3.05) is 5.75 Å². The van der Waals surface area contributed by atoms with Crippen molar-refractivity contribution in [2.45, 2.75) is 30.8 Å². The summed E-state index contributed by atoms with van der Waals surface area (Å²) in [5, 5.41) is 9.26. The maximum Gasteiger partial charge on any atom is 0.243 e. The molecule has 0 fully saturated rings. The molecular formula is C22H23N3O2S. The standard InChI is InChI=1S/C22H23N3O2S/c26-21(25-27)14-8-3-9-15-28-22-23-19(17-10-4-1-5-11-17)16-20(24-22)18-12-6-2-7-13-18/h1-2,4-7,10-13,16,27H,3,8-9,14-15H2,(H,25,26). The van der Waals surface area contributed by atoms with Gasteiger partial charge in [0.1, 0.15) is 0 Å². The normalized spacial score (nSPS) is 10.6. The second-order valence-electron chi connectivity index (χ2n) is 6.35. The van der Waals surface area contributed by atoms with Gasteiger partial charge in [0.2, 0.25) is 5.91 Å². The van der Waals surface area contributed by atoms with E-state index < -0.39 is 0 Å². The van der Waals surface area contributed by atoms with Gasteiger partial charge in [0.05, 0.1) is 11.4 Å². The summed E-state index contributed by atoms with van der Waals surface area (Å²) in [5.41, 5.74) is 5.63. The number of nitrogens with zero attached hydrogens (tertiary/aromatic N) is 2. The Morgan fingerprint density at radius 3 is 1.96 bits per heavy atom. The van der Waals surface area contributed by atoms with Crippen molar-refractivity contribution in [3.05, 3.63) is 66.7 Å². The molecule has 0 aliphatic rings. The van der Waals surface area contributed by atoms with E-state index in [9.17, 15) is 4.79 Å². The average molecular weight is 394 g/mol. The zero-order valence-corrected chi connectivity index (χ0v) is 16.4. The molecule has 0 saturated heterocycles. The van der Waals surface area contributed by atoms with E-state index in [4.69, 9.17) is 15.2 Å². The molecule has 0 saturated carbocycles. The number of rotatable bonds is 9. The van der Waals surface area contributed by atoms with Crippen molar-refractivity contribution in [2.24, 2.45) is 0 Å². The molecule has 28 heavy (non-hydrogen) atoms. The minimum absolute atomic E-state index is 0.334. The number of aromatic nitrogens is 2. The Hall–Kier alpha value is -2.70. The number of thioether (sulfide) groups is 1. The van der Waals surface area contributed by atoms with Crippen LogP contribution in [0.15, 0.2) is 71.9 Å². The third-order valence-corrected chi connectivity index (χ3v) is 5.18. The van der Waals surface area contributed by atoms with Crippen LogP contribution >= 0.6 is 11.8 Å². The minimum atomic E-state index is -0.334. The van der Waals surface area contributed by atoms with E-state index in [1.54, 1.807) is 17.2 Å². The summed E-state index contributed by atoms with van der Waals surface area (Å²) in [7, 11) is 0. The lowest BCUT2D eigenvalue weighted by atomic mass is 10.1. The molecule has 6 heteroatoms. The van der Waals surface area contributed by atoms with E-state index in [1.165, 1.54) is 0 Å². The quantitative estimate of drug-likeness (QED) is 0.176. The second-order valence-corrected chi connectivity index (χ2v) is 7.41. The number of carbonyl (C=O) groups excluding carboxylic acids is 1. The molecule has 0 bridgehead atoms. The Morgan fingerprint density at radius 2 is 1.43 bits per heavy atom. The summed E-state index contributed by atoms with van der Waals surface area (Å²) in [6.07, 6.45) is 2.99. The van der Waals surface area contributed by atoms with Crippen LogP contribution in [0.4, 0.5) is 0 Å². The highest BCUT2D eigenvalue weighted by atomic mass is 32.2. The Bertz CT molecular complexity index is 831. The molecule has 1 aromatic heterocycles. The van der Waals surface area contributed by atoms with Crippen LogP contribution in [0.1, 0.15) is 25.7 Å². The molecule has 144 valence electrons. The molecule has 5 nitrogen and oxygen atoms in total. The van der Waals surface area contributed by atoms with Crippen LogP contribution < -0.4 is 5.48 Å². The third kappa shape index (κ3) is 5.90. The molecule has 0 unspecified atom stereocenters. The van der Waals surface area contributed by atoms with Crippen molar-refractivity contribution in [3.8, 4) is 22.5 Å². The number of hydrogen-bond acceptors (Lipinski definition) is 5. The molecule has 3 aromatic rings. The first-order chi connectivity index (χ1) is 13.8. The fraction of sp³-hybridized carbons (Fsp3) is 0.227. The number of hydrogen-bond donors (Lipinski definition) is 2. The number of hydroxylamine groups is 1. The predicted octanol–water partition coefficient (Wildman–Crippen LogP) is 4.97. The molecule has 2 N–H and O–H groups in total. The number of benzene rings is 2. The van der Waals surface area contributed by atoms with Gasteiger partial charge in [-0.25, -0.2) is 15.4 Å². The number of carbonyl (C=O) groups is 1. The van der Waals surface area contributed by atoms with E-state index in [1.807, 2.05) is 42.5 Å². The molecule has 0 aliphatic heterocycles. The smallest absolute Gasteiger partial charge is 0.243 e. The maximum absolute atomic E-state index is 11.0. The summed E-state index contributed by atoms with van der Waals surface area (Å²) < 4.78 is 0. The topological polar surface area (TPSA) is 75.1 Å². The van der Waals surface area contributed by atoms with Crippen molar-refractivity contribution in [1.82, 2.24) is 15.4 Å². The van der Waals surface area contributed by atoms with Crippen molar-refractivity contribution >= 4 is 17.7 Å². The lowest BCUT2D eigenvalue weighted by molar-refractivity contribution is -0.129. The molecule has 1 amide bonds. The van der Waals surface area contributed by atoms with E-state index in [0.29, 0.717) is 6.42 Å². The summed E-state index contributed by atoms with van der Waals surface area (Å²) in [6, 6.07) is 22.3. The molecule has 0 aliphatic carbocycles. The van der Waals surface area contributed by atoms with Gasteiger partial charge in [-0.1, -0.05) is 78.8 Å². The van der Waals surface area contributed by atoms with Crippen molar-refractivity contribution < 1.29 is 10.0 Å². The van der Waals surface area contributed by atoms with Crippen LogP contribution in [0.25, 0.3) is 22.5 Å². The highest BCUT2D eigenvalue weighted by molar-refractivity contribution is 7.99. The summed E-state index contributed by atoms with van der Waals surface area (Å²) >= 11 is 1.63. The van der Waals surface area contributed by atoms with E-state index >= 15 is 0 Å². The predicted molar refractivity (Wildman–Crippen MR) is 112 cm³/mol. The van der Waals surface area contributed by atoms with Gasteiger partial charge in [0.25, 0.3) is 0 Å². The van der Waals surface area contributed by atoms with Crippen molar-refractivity contribution in [1.29, 1.82) is 0 Å². The molecule has 3 rings (SSSR count). The minimum Gasteiger partial charge on any atom is -0.289 e. The fourth-order valence-corrected chi connectivity index (χ4v) is 3.64. The first kappa shape index (κ1) is 20.0. The number of nitrogens with one attached hydrogen (secondary N) is 1. The monoisotopic (exact) mass is 393 g/mol. The average Bonchev–Trinajstić information content (AvgIpc) is 2.77. The van der Waals surface area contributed by atoms with Gasteiger partial charge in [0.15, 0.2) is 5.16 Å². The Kier molecular flexibility index (Phi) is 7.58. The van der Waals surface area contributed by atoms with Crippen LogP contribution in [0, 0.1) is 0 Å². The molecular weight excluding hydrogens is 370 g/mol. The van der Waals surface area contributed by atoms with Crippen LogP contribution in [0.5, 0.6) is 0 Å². The molecule has 0 radical (unpaired) electrons. The van der Waals surface area contributed by atoms with Gasteiger partial charge in [-0.3, -0.25) is 10.0 Å². The van der Waals surface area contributed by atoms with Crippen LogP contribution in [-0.4, -0.2) is 26.8 Å². The maximum atomic E-state index is 11.0. The molecule has 2 aromatic carbocycles. The highest BCUT2D eigenvalue weighted by Crippen LogP contribution is 2.27. The molecule has 0 atom stereocenters. The van der Waals surface area contributed by atoms with Crippen LogP contribution in [-0.2, 0) is 4.79 Å². The summed E-state index contributed by atoms with van der Waals surface area (Å²) in [6.45, 7) is 0.